The summed E-state index contributed by atoms with van der Waals surface area (Å²) in [6.07, 6.45) is 3.75. The molecule has 2 nitrogen and oxygen atoms in total. The summed E-state index contributed by atoms with van der Waals surface area (Å²) in [6, 6.07) is 6.06. The maximum atomic E-state index is 4.12. The van der Waals surface area contributed by atoms with Crippen LogP contribution in [0, 0.1) is 6.92 Å². The van der Waals surface area contributed by atoms with E-state index in [-0.39, 0.29) is 0 Å². The second-order valence-electron chi connectivity index (χ2n) is 2.35. The van der Waals surface area contributed by atoms with Gasteiger partial charge in [0.05, 0.1) is 5.52 Å². The number of rotatable bonds is 0. The summed E-state index contributed by atoms with van der Waals surface area (Å²) in [4.78, 5) is 0. The van der Waals surface area contributed by atoms with Crippen LogP contribution in [0.1, 0.15) is 5.56 Å². The van der Waals surface area contributed by atoms with Crippen LogP contribution in [0.3, 0.4) is 0 Å². The highest BCUT2D eigenvalue weighted by Crippen LogP contribution is 2.07. The van der Waals surface area contributed by atoms with E-state index < -0.39 is 0 Å². The van der Waals surface area contributed by atoms with Gasteiger partial charge in [-0.2, -0.15) is 5.10 Å². The zero-order valence-corrected chi connectivity index (χ0v) is 5.78. The summed E-state index contributed by atoms with van der Waals surface area (Å²) in [5, 5.41) is 4.12. The predicted molar refractivity (Wildman–Crippen MR) is 39.9 cm³/mol. The molecule has 0 unspecified atom stereocenters. The molecule has 0 saturated carbocycles. The molecule has 0 aliphatic carbocycles. The van der Waals surface area contributed by atoms with Crippen molar-refractivity contribution in [2.24, 2.45) is 0 Å². The van der Waals surface area contributed by atoms with E-state index in [0.29, 0.717) is 0 Å². The van der Waals surface area contributed by atoms with Gasteiger partial charge in [0.25, 0.3) is 0 Å². The number of hydrogen-bond acceptors (Lipinski definition) is 1. The Bertz CT molecular complexity index is 349. The maximum Gasteiger partial charge on any atom is 0.0675 e. The molecule has 0 bridgehead atoms. The topological polar surface area (TPSA) is 17.3 Å². The number of nitrogens with zero attached hydrogens (tertiary/aromatic N) is 2. The summed E-state index contributed by atoms with van der Waals surface area (Å²) in [7, 11) is 0. The molecular formula is C8H8N2. The van der Waals surface area contributed by atoms with Gasteiger partial charge in [-0.05, 0) is 30.7 Å². The van der Waals surface area contributed by atoms with Crippen molar-refractivity contribution in [3.8, 4) is 0 Å². The molecule has 2 heterocycles. The van der Waals surface area contributed by atoms with E-state index in [1.807, 2.05) is 16.8 Å². The van der Waals surface area contributed by atoms with Gasteiger partial charge in [-0.25, -0.2) is 4.52 Å². The molecule has 2 heteroatoms. The fourth-order valence-electron chi connectivity index (χ4n) is 1.08. The third kappa shape index (κ3) is 0.620. The average Bonchev–Trinajstić information content (AvgIpc) is 2.34. The van der Waals surface area contributed by atoms with Gasteiger partial charge in [-0.1, -0.05) is 0 Å². The lowest BCUT2D eigenvalue weighted by molar-refractivity contribution is 0.940. The summed E-state index contributed by atoms with van der Waals surface area (Å²) >= 11 is 0. The van der Waals surface area contributed by atoms with Gasteiger partial charge >= 0.3 is 0 Å². The normalized spacial score (nSPS) is 10.5. The molecule has 0 aliphatic rings. The van der Waals surface area contributed by atoms with Crippen molar-refractivity contribution >= 4 is 5.52 Å². The number of fused-ring (bicyclic) bond motifs is 1. The molecule has 2 aromatic heterocycles. The molecule has 10 heavy (non-hydrogen) atoms. The maximum absolute atomic E-state index is 4.12. The molecule has 0 radical (unpaired) electrons. The second kappa shape index (κ2) is 1.84. The van der Waals surface area contributed by atoms with Gasteiger partial charge in [0.15, 0.2) is 0 Å². The van der Waals surface area contributed by atoms with Gasteiger partial charge in [-0.3, -0.25) is 0 Å². The van der Waals surface area contributed by atoms with E-state index in [4.69, 9.17) is 0 Å². The summed E-state index contributed by atoms with van der Waals surface area (Å²) in [5.74, 6) is 0. The Morgan fingerprint density at radius 3 is 3.10 bits per heavy atom. The van der Waals surface area contributed by atoms with E-state index in [1.54, 1.807) is 6.20 Å². The second-order valence-corrected chi connectivity index (χ2v) is 2.35. The smallest absolute Gasteiger partial charge is 0.0675 e. The first-order chi connectivity index (χ1) is 4.88. The average molecular weight is 132 g/mol. The van der Waals surface area contributed by atoms with Crippen molar-refractivity contribution in [3.05, 3.63) is 36.2 Å². The van der Waals surface area contributed by atoms with Crippen LogP contribution >= 0.6 is 0 Å². The Morgan fingerprint density at radius 2 is 2.30 bits per heavy atom. The van der Waals surface area contributed by atoms with Gasteiger partial charge in [-0.15, -0.1) is 0 Å². The minimum Gasteiger partial charge on any atom is -0.241 e. The lowest BCUT2D eigenvalue weighted by Gasteiger charge is -1.90. The van der Waals surface area contributed by atoms with Crippen molar-refractivity contribution in [2.45, 2.75) is 6.92 Å². The van der Waals surface area contributed by atoms with Crippen LogP contribution in [0.2, 0.25) is 0 Å². The van der Waals surface area contributed by atoms with Crippen LogP contribution in [0.4, 0.5) is 0 Å². The van der Waals surface area contributed by atoms with Gasteiger partial charge in [0.1, 0.15) is 0 Å². The zero-order chi connectivity index (χ0) is 6.97. The monoisotopic (exact) mass is 132 g/mol. The molecule has 0 atom stereocenters. The van der Waals surface area contributed by atoms with Crippen molar-refractivity contribution in [1.29, 1.82) is 0 Å². The van der Waals surface area contributed by atoms with Crippen LogP contribution in [0.25, 0.3) is 5.52 Å². The molecule has 0 saturated heterocycles. The quantitative estimate of drug-likeness (QED) is 0.532. The van der Waals surface area contributed by atoms with E-state index in [2.05, 4.69) is 24.2 Å². The standard InChI is InChI=1S/C8H8N2/c1-7-4-6-10-8(7)3-2-5-9-10/h2-6H,1H3. The Labute approximate surface area is 59.1 Å². The van der Waals surface area contributed by atoms with Gasteiger partial charge < -0.3 is 0 Å². The molecule has 50 valence electrons. The van der Waals surface area contributed by atoms with Crippen molar-refractivity contribution in [2.75, 3.05) is 0 Å². The van der Waals surface area contributed by atoms with Crippen LogP contribution in [0.15, 0.2) is 30.6 Å². The third-order valence-electron chi connectivity index (χ3n) is 1.65. The van der Waals surface area contributed by atoms with E-state index in [9.17, 15) is 0 Å². The zero-order valence-electron chi connectivity index (χ0n) is 5.78. The fraction of sp³-hybridized carbons (Fsp3) is 0.125. The molecule has 2 aromatic rings. The molecule has 0 aliphatic heterocycles. The predicted octanol–water partition coefficient (Wildman–Crippen LogP) is 1.64. The highest BCUT2D eigenvalue weighted by molar-refractivity contribution is 5.53. The van der Waals surface area contributed by atoms with Crippen molar-refractivity contribution in [3.63, 3.8) is 0 Å². The lowest BCUT2D eigenvalue weighted by atomic mass is 10.3. The molecule has 0 fully saturated rings. The van der Waals surface area contributed by atoms with Crippen molar-refractivity contribution in [1.82, 2.24) is 9.61 Å². The van der Waals surface area contributed by atoms with Crippen LogP contribution in [-0.4, -0.2) is 9.61 Å². The molecular weight excluding hydrogens is 124 g/mol. The molecule has 0 aromatic carbocycles. The van der Waals surface area contributed by atoms with E-state index >= 15 is 0 Å². The number of aryl methyl sites for hydroxylation is 1. The summed E-state index contributed by atoms with van der Waals surface area (Å²) < 4.78 is 1.87. The molecule has 2 rings (SSSR count). The van der Waals surface area contributed by atoms with E-state index in [1.165, 1.54) is 11.1 Å². The Hall–Kier alpha value is -1.31. The number of aromatic nitrogens is 2. The number of hydrogen-bond donors (Lipinski definition) is 0. The van der Waals surface area contributed by atoms with Crippen molar-refractivity contribution < 1.29 is 0 Å². The summed E-state index contributed by atoms with van der Waals surface area (Å²) in [5.41, 5.74) is 2.45. The van der Waals surface area contributed by atoms with Crippen LogP contribution < -0.4 is 0 Å². The van der Waals surface area contributed by atoms with E-state index in [0.717, 1.165) is 0 Å². The molecule has 0 N–H and O–H groups in total. The van der Waals surface area contributed by atoms with Crippen LogP contribution in [-0.2, 0) is 0 Å². The first-order valence-electron chi connectivity index (χ1n) is 3.27. The Kier molecular flexibility index (Phi) is 1.01. The summed E-state index contributed by atoms with van der Waals surface area (Å²) in [6.45, 7) is 2.08. The fourth-order valence-corrected chi connectivity index (χ4v) is 1.08. The minimum absolute atomic E-state index is 1.18. The highest BCUT2D eigenvalue weighted by atomic mass is 15.2. The largest absolute Gasteiger partial charge is 0.241 e. The first kappa shape index (κ1) is 5.47. The Morgan fingerprint density at radius 1 is 1.40 bits per heavy atom. The van der Waals surface area contributed by atoms with Gasteiger partial charge in [0.2, 0.25) is 0 Å². The Balaban J connectivity index is 2.93. The van der Waals surface area contributed by atoms with Gasteiger partial charge in [0, 0.05) is 12.4 Å². The highest BCUT2D eigenvalue weighted by Gasteiger charge is 1.93. The first-order valence-corrected chi connectivity index (χ1v) is 3.27. The molecule has 0 spiro atoms. The SMILES string of the molecule is Cc1ccn2ncccc12. The van der Waals surface area contributed by atoms with Crippen LogP contribution in [0.5, 0.6) is 0 Å². The lowest BCUT2D eigenvalue weighted by Crippen LogP contribution is -1.85. The molecule has 0 amide bonds. The minimum atomic E-state index is 1.18. The third-order valence-corrected chi connectivity index (χ3v) is 1.65.